The number of hydrogen-bond acceptors (Lipinski definition) is 6. The molecule has 0 fully saturated rings. The van der Waals surface area contributed by atoms with Crippen LogP contribution in [-0.2, 0) is 6.61 Å². The van der Waals surface area contributed by atoms with E-state index in [-0.39, 0.29) is 11.7 Å². The maximum Gasteiger partial charge on any atom is 0.252 e. The van der Waals surface area contributed by atoms with Gasteiger partial charge in [0.15, 0.2) is 5.84 Å². The van der Waals surface area contributed by atoms with Crippen LogP contribution in [0.4, 0.5) is 5.88 Å². The number of rotatable bonds is 5. The Morgan fingerprint density at radius 3 is 2.65 bits per heavy atom. The minimum Gasteiger partial charge on any atom is -0.472 e. The van der Waals surface area contributed by atoms with Gasteiger partial charge in [-0.15, -0.1) is 0 Å². The zero-order valence-electron chi connectivity index (χ0n) is 14.9. The van der Waals surface area contributed by atoms with E-state index in [1.54, 1.807) is 19.1 Å². The fourth-order valence-electron chi connectivity index (χ4n) is 2.40. The van der Waals surface area contributed by atoms with E-state index in [2.05, 4.69) is 20.6 Å². The van der Waals surface area contributed by atoms with Crippen LogP contribution in [-0.4, -0.2) is 21.2 Å². The molecule has 0 saturated heterocycles. The maximum atomic E-state index is 9.54. The lowest BCUT2D eigenvalue weighted by molar-refractivity contribution is 0.233. The van der Waals surface area contributed by atoms with E-state index in [0.29, 0.717) is 23.7 Å². The number of ether oxygens (including phenoxy) is 1. The second-order valence-electron chi connectivity index (χ2n) is 5.90. The maximum absolute atomic E-state index is 9.54. The van der Waals surface area contributed by atoms with E-state index in [4.69, 9.17) is 9.26 Å². The standard InChI is InChI=1S/C19H20N4O3/c1-12-6-4-5-7-15(12)11-25-19-16(9-8-13(2)20-19)18(22-24)21-17-10-14(3)23-26-17/h4-10,24H,11H2,1-3H3,(H,21,22). The van der Waals surface area contributed by atoms with Gasteiger partial charge in [-0.3, -0.25) is 10.7 Å². The third kappa shape index (κ3) is 4.07. The molecular weight excluding hydrogens is 332 g/mol. The molecule has 0 amide bonds. The number of aliphatic imine (C=N–C) groups is 1. The van der Waals surface area contributed by atoms with E-state index < -0.39 is 0 Å². The molecule has 0 radical (unpaired) electrons. The Morgan fingerprint density at radius 1 is 1.15 bits per heavy atom. The first kappa shape index (κ1) is 17.6. The first-order chi connectivity index (χ1) is 12.6. The number of nitrogens with one attached hydrogen (secondary N) is 1. The SMILES string of the molecule is Cc1cc(/N=C(/NO)c2ccc(C)nc2OCc2ccccc2C)on1. The molecule has 2 aromatic heterocycles. The number of nitrogens with zero attached hydrogens (tertiary/aromatic N) is 3. The van der Waals surface area contributed by atoms with E-state index in [0.717, 1.165) is 16.8 Å². The number of hydrogen-bond donors (Lipinski definition) is 2. The summed E-state index contributed by atoms with van der Waals surface area (Å²) >= 11 is 0. The number of benzene rings is 1. The van der Waals surface area contributed by atoms with Crippen LogP contribution in [0.15, 0.2) is 52.0 Å². The van der Waals surface area contributed by atoms with Gasteiger partial charge in [-0.1, -0.05) is 29.4 Å². The van der Waals surface area contributed by atoms with Gasteiger partial charge in [0.25, 0.3) is 5.88 Å². The summed E-state index contributed by atoms with van der Waals surface area (Å²) < 4.78 is 11.0. The van der Waals surface area contributed by atoms with Crippen molar-refractivity contribution >= 4 is 11.7 Å². The van der Waals surface area contributed by atoms with Gasteiger partial charge in [0, 0.05) is 11.8 Å². The van der Waals surface area contributed by atoms with Gasteiger partial charge in [-0.25, -0.2) is 4.98 Å². The highest BCUT2D eigenvalue weighted by atomic mass is 16.5. The lowest BCUT2D eigenvalue weighted by atomic mass is 10.1. The lowest BCUT2D eigenvalue weighted by Gasteiger charge is -2.13. The highest BCUT2D eigenvalue weighted by molar-refractivity contribution is 6.01. The molecule has 3 aromatic rings. The molecule has 1 aromatic carbocycles. The summed E-state index contributed by atoms with van der Waals surface area (Å²) in [6.45, 7) is 6.04. The van der Waals surface area contributed by atoms with Crippen molar-refractivity contribution < 1.29 is 14.5 Å². The average Bonchev–Trinajstić information content (AvgIpc) is 3.04. The van der Waals surface area contributed by atoms with Gasteiger partial charge in [0.05, 0.1) is 11.3 Å². The summed E-state index contributed by atoms with van der Waals surface area (Å²) in [7, 11) is 0. The van der Waals surface area contributed by atoms with Gasteiger partial charge in [0.1, 0.15) is 6.61 Å². The molecular formula is C19H20N4O3. The van der Waals surface area contributed by atoms with Crippen LogP contribution in [0.2, 0.25) is 0 Å². The minimum absolute atomic E-state index is 0.161. The molecule has 7 heteroatoms. The third-order valence-corrected chi connectivity index (χ3v) is 3.82. The molecule has 134 valence electrons. The Morgan fingerprint density at radius 2 is 1.96 bits per heavy atom. The normalized spacial score (nSPS) is 11.5. The van der Waals surface area contributed by atoms with Crippen molar-refractivity contribution in [1.29, 1.82) is 0 Å². The summed E-state index contributed by atoms with van der Waals surface area (Å²) in [5.41, 5.74) is 6.28. The van der Waals surface area contributed by atoms with Gasteiger partial charge >= 0.3 is 0 Å². The highest BCUT2D eigenvalue weighted by Crippen LogP contribution is 2.21. The number of hydroxylamine groups is 1. The molecule has 0 unspecified atom stereocenters. The quantitative estimate of drug-likeness (QED) is 0.414. The van der Waals surface area contributed by atoms with Crippen LogP contribution in [0, 0.1) is 20.8 Å². The Hall–Kier alpha value is -3.19. The monoisotopic (exact) mass is 352 g/mol. The van der Waals surface area contributed by atoms with Crippen molar-refractivity contribution in [2.75, 3.05) is 0 Å². The smallest absolute Gasteiger partial charge is 0.252 e. The van der Waals surface area contributed by atoms with Crippen molar-refractivity contribution in [3.05, 3.63) is 70.5 Å². The number of pyridine rings is 1. The third-order valence-electron chi connectivity index (χ3n) is 3.82. The molecule has 2 heterocycles. The second-order valence-corrected chi connectivity index (χ2v) is 5.90. The van der Waals surface area contributed by atoms with Crippen molar-refractivity contribution in [3.63, 3.8) is 0 Å². The number of aromatic nitrogens is 2. The molecule has 0 atom stereocenters. The summed E-state index contributed by atoms with van der Waals surface area (Å²) in [5.74, 6) is 0.794. The summed E-state index contributed by atoms with van der Waals surface area (Å²) in [5, 5.41) is 13.3. The molecule has 0 saturated carbocycles. The lowest BCUT2D eigenvalue weighted by Crippen LogP contribution is -2.21. The predicted molar refractivity (Wildman–Crippen MR) is 96.8 cm³/mol. The molecule has 0 bridgehead atoms. The van der Waals surface area contributed by atoms with Crippen LogP contribution in [0.1, 0.15) is 28.1 Å². The number of amidine groups is 1. The van der Waals surface area contributed by atoms with Crippen molar-refractivity contribution in [2.24, 2.45) is 4.99 Å². The molecule has 0 spiro atoms. The van der Waals surface area contributed by atoms with Crippen LogP contribution >= 0.6 is 0 Å². The topological polar surface area (TPSA) is 92.8 Å². The molecule has 3 rings (SSSR count). The zero-order chi connectivity index (χ0) is 18.5. The molecule has 0 aliphatic carbocycles. The molecule has 0 aliphatic heterocycles. The van der Waals surface area contributed by atoms with Crippen LogP contribution < -0.4 is 10.2 Å². The fraction of sp³-hybridized carbons (Fsp3) is 0.211. The molecule has 7 nitrogen and oxygen atoms in total. The van der Waals surface area contributed by atoms with Gasteiger partial charge in [-0.05, 0) is 44.0 Å². The van der Waals surface area contributed by atoms with Gasteiger partial charge < -0.3 is 9.26 Å². The van der Waals surface area contributed by atoms with Crippen LogP contribution in [0.5, 0.6) is 5.88 Å². The average molecular weight is 352 g/mol. The highest BCUT2D eigenvalue weighted by Gasteiger charge is 2.14. The Balaban J connectivity index is 1.92. The largest absolute Gasteiger partial charge is 0.472 e. The fourth-order valence-corrected chi connectivity index (χ4v) is 2.40. The molecule has 2 N–H and O–H groups in total. The zero-order valence-corrected chi connectivity index (χ0v) is 14.9. The predicted octanol–water partition coefficient (Wildman–Crippen LogP) is 3.63. The van der Waals surface area contributed by atoms with E-state index in [1.807, 2.05) is 44.2 Å². The second kappa shape index (κ2) is 7.79. The Bertz CT molecular complexity index is 934. The molecule has 26 heavy (non-hydrogen) atoms. The van der Waals surface area contributed by atoms with E-state index in [9.17, 15) is 5.21 Å². The molecule has 0 aliphatic rings. The van der Waals surface area contributed by atoms with E-state index >= 15 is 0 Å². The van der Waals surface area contributed by atoms with E-state index in [1.165, 1.54) is 0 Å². The summed E-state index contributed by atoms with van der Waals surface area (Å²) in [6, 6.07) is 13.2. The van der Waals surface area contributed by atoms with Crippen molar-refractivity contribution in [1.82, 2.24) is 15.6 Å². The number of aryl methyl sites for hydroxylation is 3. The first-order valence-electron chi connectivity index (χ1n) is 8.14. The Kier molecular flexibility index (Phi) is 5.28. The van der Waals surface area contributed by atoms with Crippen molar-refractivity contribution in [2.45, 2.75) is 27.4 Å². The Labute approximate surface area is 151 Å². The van der Waals surface area contributed by atoms with Gasteiger partial charge in [0.2, 0.25) is 5.88 Å². The summed E-state index contributed by atoms with van der Waals surface area (Å²) in [6.07, 6.45) is 0. The summed E-state index contributed by atoms with van der Waals surface area (Å²) in [4.78, 5) is 8.67. The minimum atomic E-state index is 0.161. The van der Waals surface area contributed by atoms with Gasteiger partial charge in [-0.2, -0.15) is 4.99 Å². The van der Waals surface area contributed by atoms with Crippen molar-refractivity contribution in [3.8, 4) is 5.88 Å². The first-order valence-corrected chi connectivity index (χ1v) is 8.14. The van der Waals surface area contributed by atoms with Crippen LogP contribution in [0.3, 0.4) is 0 Å². The van der Waals surface area contributed by atoms with Crippen LogP contribution in [0.25, 0.3) is 0 Å².